The number of rotatable bonds is 6. The highest BCUT2D eigenvalue weighted by atomic mass is 79.9. The first-order valence-corrected chi connectivity index (χ1v) is 6.32. The summed E-state index contributed by atoms with van der Waals surface area (Å²) in [6, 6.07) is 6.31. The number of benzene rings is 1. The number of hydrogen-bond acceptors (Lipinski definition) is 2. The zero-order valence-electron chi connectivity index (χ0n) is 9.58. The number of ketones is 2. The van der Waals surface area contributed by atoms with Crippen LogP contribution in [-0.2, 0) is 4.79 Å². The number of unbranched alkanes of at least 4 members (excludes halogenated alkanes) is 1. The van der Waals surface area contributed by atoms with Crippen LogP contribution in [0.4, 0.5) is 4.39 Å². The molecule has 0 aromatic heterocycles. The third kappa shape index (κ3) is 4.04. The Kier molecular flexibility index (Phi) is 5.48. The van der Waals surface area contributed by atoms with Crippen molar-refractivity contribution in [3.8, 4) is 0 Å². The van der Waals surface area contributed by atoms with Crippen LogP contribution in [0.25, 0.3) is 0 Å². The number of carbonyl (C=O) groups is 2. The van der Waals surface area contributed by atoms with E-state index in [4.69, 9.17) is 0 Å². The van der Waals surface area contributed by atoms with Gasteiger partial charge in [0.15, 0.2) is 5.78 Å². The Morgan fingerprint density at radius 1 is 1.29 bits per heavy atom. The average molecular weight is 301 g/mol. The lowest BCUT2D eigenvalue weighted by Gasteiger charge is -2.06. The monoisotopic (exact) mass is 300 g/mol. The maximum Gasteiger partial charge on any atom is 0.220 e. The molecule has 0 aliphatic heterocycles. The van der Waals surface area contributed by atoms with Crippen molar-refractivity contribution in [3.05, 3.63) is 34.3 Å². The summed E-state index contributed by atoms with van der Waals surface area (Å²) in [7, 11) is 0. The molecule has 0 heterocycles. The molecule has 1 atom stereocenters. The van der Waals surface area contributed by atoms with Crippen molar-refractivity contribution >= 4 is 27.5 Å². The maximum absolute atomic E-state index is 13.6. The van der Waals surface area contributed by atoms with Crippen LogP contribution in [0.1, 0.15) is 36.5 Å². The van der Waals surface area contributed by atoms with E-state index in [0.717, 1.165) is 10.9 Å². The van der Waals surface area contributed by atoms with Gasteiger partial charge in [-0.2, -0.15) is 0 Å². The second-order valence-corrected chi connectivity index (χ2v) is 4.72. The highest BCUT2D eigenvalue weighted by Gasteiger charge is 2.26. The Bertz CT molecular complexity index is 400. The quantitative estimate of drug-likeness (QED) is 0.592. The minimum absolute atomic E-state index is 0.125. The van der Waals surface area contributed by atoms with E-state index in [-0.39, 0.29) is 12.0 Å². The van der Waals surface area contributed by atoms with E-state index in [2.05, 4.69) is 15.9 Å². The molecular weight excluding hydrogens is 287 g/mol. The molecule has 4 heteroatoms. The molecule has 2 nitrogen and oxygen atoms in total. The number of Topliss-reactive ketones (excluding diaryl/α,β-unsaturated/α-hetero) is 2. The molecule has 0 N–H and O–H groups in total. The minimum atomic E-state index is -2.03. The Hall–Kier alpha value is -1.03. The van der Waals surface area contributed by atoms with Crippen LogP contribution >= 0.6 is 15.9 Å². The molecule has 1 aromatic rings. The van der Waals surface area contributed by atoms with Gasteiger partial charge in [-0.1, -0.05) is 41.4 Å². The summed E-state index contributed by atoms with van der Waals surface area (Å²) in [5, 5.41) is 0. The van der Waals surface area contributed by atoms with Crippen LogP contribution in [-0.4, -0.2) is 17.7 Å². The number of hydrogen-bond donors (Lipinski definition) is 0. The fraction of sp³-hybridized carbons (Fsp3) is 0.385. The molecule has 0 radical (unpaired) electrons. The van der Waals surface area contributed by atoms with Crippen molar-refractivity contribution in [3.63, 3.8) is 0 Å². The number of halogens is 2. The molecule has 0 aliphatic rings. The van der Waals surface area contributed by atoms with Gasteiger partial charge in [0.25, 0.3) is 0 Å². The maximum atomic E-state index is 13.6. The van der Waals surface area contributed by atoms with Gasteiger partial charge in [0.1, 0.15) is 0 Å². The van der Waals surface area contributed by atoms with Gasteiger partial charge in [-0.05, 0) is 18.6 Å². The SMILES string of the molecule is CCCCC(=O)C(F)C(=O)c1ccc(Br)cc1. The van der Waals surface area contributed by atoms with Crippen LogP contribution in [0.2, 0.25) is 0 Å². The van der Waals surface area contributed by atoms with E-state index in [9.17, 15) is 14.0 Å². The minimum Gasteiger partial charge on any atom is -0.296 e. The van der Waals surface area contributed by atoms with Gasteiger partial charge >= 0.3 is 0 Å². The molecular formula is C13H14BrFO2. The molecule has 1 unspecified atom stereocenters. The molecule has 0 amide bonds. The zero-order chi connectivity index (χ0) is 12.8. The van der Waals surface area contributed by atoms with Crippen molar-refractivity contribution in [1.82, 2.24) is 0 Å². The van der Waals surface area contributed by atoms with Crippen LogP contribution in [0.15, 0.2) is 28.7 Å². The van der Waals surface area contributed by atoms with Gasteiger partial charge in [0, 0.05) is 16.5 Å². The number of carbonyl (C=O) groups excluding carboxylic acids is 2. The van der Waals surface area contributed by atoms with E-state index in [0.29, 0.717) is 6.42 Å². The molecule has 0 bridgehead atoms. The lowest BCUT2D eigenvalue weighted by molar-refractivity contribution is -0.122. The van der Waals surface area contributed by atoms with Gasteiger partial charge in [-0.15, -0.1) is 0 Å². The first kappa shape index (κ1) is 14.0. The van der Waals surface area contributed by atoms with E-state index >= 15 is 0 Å². The summed E-state index contributed by atoms with van der Waals surface area (Å²) in [6.45, 7) is 1.91. The topological polar surface area (TPSA) is 34.1 Å². The second-order valence-electron chi connectivity index (χ2n) is 3.80. The highest BCUT2D eigenvalue weighted by Crippen LogP contribution is 2.14. The van der Waals surface area contributed by atoms with Gasteiger partial charge in [0.05, 0.1) is 0 Å². The van der Waals surface area contributed by atoms with E-state index in [1.165, 1.54) is 12.1 Å². The van der Waals surface area contributed by atoms with Crippen LogP contribution in [0, 0.1) is 0 Å². The molecule has 0 aliphatic carbocycles. The van der Waals surface area contributed by atoms with Crippen LogP contribution in [0.3, 0.4) is 0 Å². The second kappa shape index (κ2) is 6.64. The summed E-state index contributed by atoms with van der Waals surface area (Å²) < 4.78 is 14.4. The first-order chi connectivity index (χ1) is 8.06. The Labute approximate surface area is 108 Å². The largest absolute Gasteiger partial charge is 0.296 e. The predicted octanol–water partition coefficient (Wildman–Crippen LogP) is 3.73. The average Bonchev–Trinajstić information content (AvgIpc) is 2.35. The highest BCUT2D eigenvalue weighted by molar-refractivity contribution is 9.10. The van der Waals surface area contributed by atoms with Crippen molar-refractivity contribution in [2.75, 3.05) is 0 Å². The van der Waals surface area contributed by atoms with Gasteiger partial charge in [-0.3, -0.25) is 9.59 Å². The Morgan fingerprint density at radius 2 is 1.88 bits per heavy atom. The Balaban J connectivity index is 2.69. The normalized spacial score (nSPS) is 12.2. The van der Waals surface area contributed by atoms with Crippen molar-refractivity contribution in [2.24, 2.45) is 0 Å². The molecule has 0 spiro atoms. The van der Waals surface area contributed by atoms with Crippen molar-refractivity contribution < 1.29 is 14.0 Å². The smallest absolute Gasteiger partial charge is 0.220 e. The summed E-state index contributed by atoms with van der Waals surface area (Å²) in [5.74, 6) is -1.38. The third-order valence-electron chi connectivity index (χ3n) is 2.42. The molecule has 1 aromatic carbocycles. The molecule has 0 saturated heterocycles. The van der Waals surface area contributed by atoms with Gasteiger partial charge < -0.3 is 0 Å². The lowest BCUT2D eigenvalue weighted by atomic mass is 10.0. The molecule has 1 rings (SSSR count). The summed E-state index contributed by atoms with van der Waals surface area (Å²) >= 11 is 3.22. The van der Waals surface area contributed by atoms with E-state index in [1.54, 1.807) is 12.1 Å². The molecule has 0 saturated carbocycles. The molecule has 17 heavy (non-hydrogen) atoms. The van der Waals surface area contributed by atoms with Crippen LogP contribution < -0.4 is 0 Å². The fourth-order valence-corrected chi connectivity index (χ4v) is 1.65. The Morgan fingerprint density at radius 3 is 2.41 bits per heavy atom. The van der Waals surface area contributed by atoms with Crippen LogP contribution in [0.5, 0.6) is 0 Å². The standard InChI is InChI=1S/C13H14BrFO2/c1-2-3-4-11(16)12(15)13(17)9-5-7-10(14)8-6-9/h5-8,12H,2-4H2,1H3. The first-order valence-electron chi connectivity index (χ1n) is 5.52. The van der Waals surface area contributed by atoms with Gasteiger partial charge in [-0.25, -0.2) is 4.39 Å². The van der Waals surface area contributed by atoms with Crippen molar-refractivity contribution in [2.45, 2.75) is 32.4 Å². The van der Waals surface area contributed by atoms with E-state index in [1.807, 2.05) is 6.92 Å². The van der Waals surface area contributed by atoms with Gasteiger partial charge in [0.2, 0.25) is 12.0 Å². The number of alkyl halides is 1. The van der Waals surface area contributed by atoms with E-state index < -0.39 is 17.7 Å². The lowest BCUT2D eigenvalue weighted by Crippen LogP contribution is -2.25. The molecule has 92 valence electrons. The zero-order valence-corrected chi connectivity index (χ0v) is 11.2. The molecule has 0 fully saturated rings. The predicted molar refractivity (Wildman–Crippen MR) is 67.9 cm³/mol. The fourth-order valence-electron chi connectivity index (χ4n) is 1.38. The summed E-state index contributed by atoms with van der Waals surface area (Å²) in [6.07, 6.45) is -0.472. The third-order valence-corrected chi connectivity index (χ3v) is 2.95. The summed E-state index contributed by atoms with van der Waals surface area (Å²) in [5.41, 5.74) is 0.227. The van der Waals surface area contributed by atoms with Crippen molar-refractivity contribution in [1.29, 1.82) is 0 Å². The summed E-state index contributed by atoms with van der Waals surface area (Å²) in [4.78, 5) is 23.0.